The van der Waals surface area contributed by atoms with Crippen molar-refractivity contribution in [1.82, 2.24) is 9.55 Å². The minimum Gasteiger partial charge on any atom is -0.536 e. The molecule has 1 aliphatic heterocycles. The number of aryl methyl sites for hydroxylation is 1. The molecule has 4 aromatic carbocycles. The van der Waals surface area contributed by atoms with E-state index in [4.69, 9.17) is 9.39 Å². The van der Waals surface area contributed by atoms with E-state index in [0.717, 1.165) is 45.2 Å². The van der Waals surface area contributed by atoms with Crippen LogP contribution in [0.4, 0.5) is 11.5 Å². The molecule has 1 aliphatic rings. The summed E-state index contributed by atoms with van der Waals surface area (Å²) in [4.78, 5) is 6.72. The van der Waals surface area contributed by atoms with E-state index in [1.54, 1.807) is 6.20 Å². The summed E-state index contributed by atoms with van der Waals surface area (Å²) in [6.45, 7) is 0. The van der Waals surface area contributed by atoms with Gasteiger partial charge in [-0.2, -0.15) is 0 Å². The predicted octanol–water partition coefficient (Wildman–Crippen LogP) is 5.37. The molecule has 0 atom stereocenters. The second-order valence-electron chi connectivity index (χ2n) is 9.15. The first-order valence-corrected chi connectivity index (χ1v) is 12.5. The number of hydrogen-bond donors (Lipinski definition) is 0. The highest BCUT2D eigenvalue weighted by Gasteiger charge is 2.40. The van der Waals surface area contributed by atoms with Crippen LogP contribution in [0, 0.1) is 6.33 Å². The fourth-order valence-corrected chi connectivity index (χ4v) is 4.94. The lowest BCUT2D eigenvalue weighted by atomic mass is 9.72. The highest BCUT2D eigenvalue weighted by atomic mass is 16.5. The number of imidazole rings is 1. The topological polar surface area (TPSA) is 43.4 Å². The van der Waals surface area contributed by atoms with Crippen LogP contribution in [-0.2, 0) is 7.05 Å². The molecule has 6 nitrogen and oxygen atoms in total. The van der Waals surface area contributed by atoms with Crippen LogP contribution in [0.3, 0.4) is 0 Å². The summed E-state index contributed by atoms with van der Waals surface area (Å²) in [7, 11) is 1.68. The summed E-state index contributed by atoms with van der Waals surface area (Å²) >= 11 is 0. The normalized spacial score (nSPS) is 12.4. The summed E-state index contributed by atoms with van der Waals surface area (Å²) < 4.78 is 16.8. The van der Waals surface area contributed by atoms with E-state index in [0.29, 0.717) is 5.75 Å². The van der Waals surface area contributed by atoms with E-state index < -0.39 is 0 Å². The molecule has 0 fully saturated rings. The Morgan fingerprint density at radius 1 is 0.816 bits per heavy atom. The highest BCUT2D eigenvalue weighted by molar-refractivity contribution is 6.74. The van der Waals surface area contributed by atoms with E-state index >= 15 is 0 Å². The minimum atomic E-state index is -0.321. The molecule has 3 heterocycles. The van der Waals surface area contributed by atoms with Crippen molar-refractivity contribution in [3.8, 4) is 22.9 Å². The van der Waals surface area contributed by atoms with Gasteiger partial charge in [0.1, 0.15) is 23.1 Å². The van der Waals surface area contributed by atoms with Crippen LogP contribution in [0.25, 0.3) is 16.7 Å². The Labute approximate surface area is 221 Å². The molecular weight excluding hydrogens is 471 g/mol. The number of fused-ring (bicyclic) bond motifs is 2. The van der Waals surface area contributed by atoms with Gasteiger partial charge < -0.3 is 23.3 Å². The first kappa shape index (κ1) is 22.2. The highest BCUT2D eigenvalue weighted by Crippen LogP contribution is 2.42. The van der Waals surface area contributed by atoms with Gasteiger partial charge in [-0.15, -0.1) is 0 Å². The number of rotatable bonds is 5. The standard InChI is InChI=1S/C31H23BN4O2/c1-34-22-35(28-15-6-5-14-27(28)34)24-12-9-13-25(20-24)37-26-17-18-30-29(21-26)36(31-16-7-8-19-33-31)32(38-30)23-10-3-2-4-11-23/h2-21H,1H3. The summed E-state index contributed by atoms with van der Waals surface area (Å²) in [6, 6.07) is 38.3. The van der Waals surface area contributed by atoms with Crippen LogP contribution in [0.15, 0.2) is 121 Å². The molecule has 0 amide bonds. The molecule has 0 spiro atoms. The van der Waals surface area contributed by atoms with Crippen LogP contribution >= 0.6 is 0 Å². The number of aromatic nitrogens is 3. The molecule has 7 heteroatoms. The van der Waals surface area contributed by atoms with Gasteiger partial charge in [-0.05, 0) is 41.9 Å². The largest absolute Gasteiger partial charge is 0.536 e. The third kappa shape index (κ3) is 3.85. The predicted molar refractivity (Wildman–Crippen MR) is 149 cm³/mol. The van der Waals surface area contributed by atoms with Crippen molar-refractivity contribution >= 4 is 35.1 Å². The van der Waals surface area contributed by atoms with Gasteiger partial charge >= 0.3 is 7.05 Å². The molecule has 0 aliphatic carbocycles. The SMILES string of the molecule is C[n+]1[c-]n(-c2cccc(Oc3ccc4c(c3)N(c3ccccn3)B(c3ccccc3)O4)c2)c2ccccc21. The lowest BCUT2D eigenvalue weighted by Gasteiger charge is -2.21. The van der Waals surface area contributed by atoms with Crippen LogP contribution in [-0.4, -0.2) is 16.6 Å². The molecule has 0 saturated heterocycles. The third-order valence-corrected chi connectivity index (χ3v) is 6.69. The maximum atomic E-state index is 6.41. The van der Waals surface area contributed by atoms with E-state index in [2.05, 4.69) is 46.5 Å². The Balaban J connectivity index is 1.24. The summed E-state index contributed by atoms with van der Waals surface area (Å²) in [6.07, 6.45) is 5.18. The van der Waals surface area contributed by atoms with E-state index in [9.17, 15) is 0 Å². The second-order valence-corrected chi connectivity index (χ2v) is 9.15. The zero-order chi connectivity index (χ0) is 25.5. The number of benzene rings is 4. The lowest BCUT2D eigenvalue weighted by Crippen LogP contribution is -2.47. The van der Waals surface area contributed by atoms with Gasteiger partial charge in [-0.3, -0.25) is 0 Å². The first-order valence-electron chi connectivity index (χ1n) is 12.5. The fraction of sp³-hybridized carbons (Fsp3) is 0.0323. The Morgan fingerprint density at radius 2 is 1.63 bits per heavy atom. The smallest absolute Gasteiger partial charge is 0.525 e. The fourth-order valence-electron chi connectivity index (χ4n) is 4.94. The average molecular weight is 494 g/mol. The van der Waals surface area contributed by atoms with Crippen LogP contribution in [0.1, 0.15) is 0 Å². The van der Waals surface area contributed by atoms with Crippen molar-refractivity contribution in [3.05, 3.63) is 128 Å². The molecular formula is C31H23BN4O2. The Hall–Kier alpha value is -5.04. The number of hydrogen-bond acceptors (Lipinski definition) is 4. The van der Waals surface area contributed by atoms with Crippen molar-refractivity contribution in [2.45, 2.75) is 0 Å². The molecule has 2 aromatic heterocycles. The van der Waals surface area contributed by atoms with Crippen LogP contribution in [0.2, 0.25) is 0 Å². The third-order valence-electron chi connectivity index (χ3n) is 6.69. The monoisotopic (exact) mass is 494 g/mol. The van der Waals surface area contributed by atoms with Gasteiger partial charge in [-0.25, -0.2) is 4.98 Å². The zero-order valence-corrected chi connectivity index (χ0v) is 20.7. The Kier molecular flexibility index (Phi) is 5.33. The van der Waals surface area contributed by atoms with Crippen molar-refractivity contribution in [2.75, 3.05) is 4.81 Å². The van der Waals surface area contributed by atoms with Gasteiger partial charge in [0.2, 0.25) is 6.33 Å². The number of nitrogens with zero attached hydrogens (tertiary/aromatic N) is 4. The first-order chi connectivity index (χ1) is 18.7. The van der Waals surface area contributed by atoms with E-state index in [1.807, 2.05) is 101 Å². The van der Waals surface area contributed by atoms with Gasteiger partial charge in [0.15, 0.2) is 0 Å². The minimum absolute atomic E-state index is 0.321. The van der Waals surface area contributed by atoms with Gasteiger partial charge in [0, 0.05) is 12.3 Å². The van der Waals surface area contributed by atoms with Gasteiger partial charge in [0.25, 0.3) is 0 Å². The van der Waals surface area contributed by atoms with Crippen molar-refractivity contribution in [1.29, 1.82) is 0 Å². The Bertz CT molecular complexity index is 1750. The molecule has 6 aromatic rings. The van der Waals surface area contributed by atoms with Crippen molar-refractivity contribution in [3.63, 3.8) is 0 Å². The van der Waals surface area contributed by atoms with Crippen LogP contribution in [0.5, 0.6) is 17.2 Å². The molecule has 0 bridgehead atoms. The maximum absolute atomic E-state index is 6.41. The van der Waals surface area contributed by atoms with Crippen molar-refractivity contribution in [2.24, 2.45) is 7.05 Å². The summed E-state index contributed by atoms with van der Waals surface area (Å²) in [5.74, 6) is 3.04. The van der Waals surface area contributed by atoms with Crippen molar-refractivity contribution < 1.29 is 14.0 Å². The van der Waals surface area contributed by atoms with E-state index in [-0.39, 0.29) is 7.05 Å². The Morgan fingerprint density at radius 3 is 2.50 bits per heavy atom. The second kappa shape index (κ2) is 9.12. The van der Waals surface area contributed by atoms with Crippen LogP contribution < -0.4 is 24.2 Å². The number of para-hydroxylation sites is 2. The average Bonchev–Trinajstić information content (AvgIpc) is 3.52. The van der Waals surface area contributed by atoms with Gasteiger partial charge in [0.05, 0.1) is 29.5 Å². The zero-order valence-electron chi connectivity index (χ0n) is 20.7. The molecule has 182 valence electrons. The maximum Gasteiger partial charge on any atom is 0.525 e. The summed E-state index contributed by atoms with van der Waals surface area (Å²) in [5, 5.41) is 0. The molecule has 0 N–H and O–H groups in total. The number of ether oxygens (including phenoxy) is 1. The summed E-state index contributed by atoms with van der Waals surface area (Å²) in [5.41, 5.74) is 5.12. The van der Waals surface area contributed by atoms with Gasteiger partial charge in [-0.1, -0.05) is 72.8 Å². The van der Waals surface area contributed by atoms with E-state index in [1.165, 1.54) is 0 Å². The number of pyridine rings is 1. The molecule has 0 unspecified atom stereocenters. The quantitative estimate of drug-likeness (QED) is 0.184. The lowest BCUT2D eigenvalue weighted by molar-refractivity contribution is -0.649. The molecule has 0 radical (unpaired) electrons. The molecule has 7 rings (SSSR count). The molecule has 38 heavy (non-hydrogen) atoms. The molecule has 0 saturated carbocycles. The number of anilines is 2.